The summed E-state index contributed by atoms with van der Waals surface area (Å²) >= 11 is 0. The topological polar surface area (TPSA) is 35.5 Å². The number of ether oxygens (including phenoxy) is 2. The van der Waals surface area contributed by atoms with Gasteiger partial charge in [-0.15, -0.1) is 0 Å². The van der Waals surface area contributed by atoms with Crippen LogP contribution in [0.25, 0.3) is 0 Å². The Balaban J connectivity index is 2.18. The summed E-state index contributed by atoms with van der Waals surface area (Å²) in [4.78, 5) is 12.1. The largest absolute Gasteiger partial charge is 0.460 e. The molecule has 1 aliphatic carbocycles. The molecule has 7 heteroatoms. The number of halogens is 4. The minimum atomic E-state index is -1.58. The minimum absolute atomic E-state index is 0.0442. The summed E-state index contributed by atoms with van der Waals surface area (Å²) in [5.41, 5.74) is -2.13. The van der Waals surface area contributed by atoms with Crippen LogP contribution in [0.5, 0.6) is 0 Å². The van der Waals surface area contributed by atoms with E-state index in [9.17, 15) is 22.4 Å². The highest BCUT2D eigenvalue weighted by molar-refractivity contribution is 5.78. The molecule has 1 aromatic carbocycles. The molecule has 138 valence electrons. The van der Waals surface area contributed by atoms with Crippen molar-refractivity contribution < 1.29 is 31.8 Å². The van der Waals surface area contributed by atoms with Gasteiger partial charge in [-0.2, -0.15) is 0 Å². The first-order chi connectivity index (χ1) is 11.7. The van der Waals surface area contributed by atoms with Crippen LogP contribution in [0.1, 0.15) is 31.9 Å². The van der Waals surface area contributed by atoms with Crippen molar-refractivity contribution in [2.45, 2.75) is 34.0 Å². The molecule has 0 aromatic heterocycles. The third-order valence-electron chi connectivity index (χ3n) is 4.66. The normalized spacial score (nSPS) is 21.6. The van der Waals surface area contributed by atoms with Gasteiger partial charge in [-0.25, -0.2) is 17.6 Å². The molecule has 0 aliphatic heterocycles. The molecular formula is C18H20F4O3. The molecule has 1 unspecified atom stereocenters. The van der Waals surface area contributed by atoms with Gasteiger partial charge in [0.1, 0.15) is 6.61 Å². The molecule has 3 nitrogen and oxygen atoms in total. The number of benzene rings is 1. The summed E-state index contributed by atoms with van der Waals surface area (Å²) in [5.74, 6) is -7.43. The van der Waals surface area contributed by atoms with Crippen LogP contribution in [0, 0.1) is 40.5 Å². The summed E-state index contributed by atoms with van der Waals surface area (Å²) < 4.78 is 65.2. The van der Waals surface area contributed by atoms with E-state index >= 15 is 0 Å². The smallest absolute Gasteiger partial charge is 0.310 e. The van der Waals surface area contributed by atoms with Gasteiger partial charge < -0.3 is 9.47 Å². The highest BCUT2D eigenvalue weighted by Crippen LogP contribution is 2.59. The molecule has 2 atom stereocenters. The van der Waals surface area contributed by atoms with Gasteiger partial charge in [0.15, 0.2) is 23.3 Å². The van der Waals surface area contributed by atoms with Gasteiger partial charge in [-0.3, -0.25) is 4.79 Å². The Kier molecular flexibility index (Phi) is 5.56. The Morgan fingerprint density at radius 3 is 1.96 bits per heavy atom. The van der Waals surface area contributed by atoms with Crippen molar-refractivity contribution in [2.24, 2.45) is 17.3 Å². The van der Waals surface area contributed by atoms with Crippen LogP contribution in [-0.2, 0) is 27.5 Å². The van der Waals surface area contributed by atoms with Crippen molar-refractivity contribution in [3.8, 4) is 0 Å². The summed E-state index contributed by atoms with van der Waals surface area (Å²) in [7, 11) is 1.14. The molecule has 0 saturated heterocycles. The number of hydrogen-bond donors (Lipinski definition) is 0. The van der Waals surface area contributed by atoms with Gasteiger partial charge >= 0.3 is 5.97 Å². The molecule has 0 radical (unpaired) electrons. The first-order valence-corrected chi connectivity index (χ1v) is 7.80. The molecule has 0 bridgehead atoms. The Morgan fingerprint density at radius 1 is 1.04 bits per heavy atom. The Morgan fingerprint density at radius 2 is 1.52 bits per heavy atom. The molecule has 25 heavy (non-hydrogen) atoms. The number of rotatable bonds is 6. The molecule has 0 amide bonds. The average molecular weight is 360 g/mol. The maximum absolute atomic E-state index is 14.0. The lowest BCUT2D eigenvalue weighted by Crippen LogP contribution is -2.15. The zero-order valence-electron chi connectivity index (χ0n) is 14.5. The van der Waals surface area contributed by atoms with E-state index in [2.05, 4.69) is 4.74 Å². The van der Waals surface area contributed by atoms with Gasteiger partial charge in [-0.05, 0) is 18.3 Å². The standard InChI is InChI=1S/C18H20F4O3/c1-5-6-11-12(18(11,2)3)17(23)25-8-10-15(21)13(19)9(7-24-4)14(20)16(10)22/h5-6,11-12H,7-8H2,1-4H3/t11?,12-/m0/s1. The van der Waals surface area contributed by atoms with E-state index in [1.54, 1.807) is 6.08 Å². The fourth-order valence-electron chi connectivity index (χ4n) is 3.05. The van der Waals surface area contributed by atoms with Crippen molar-refractivity contribution in [1.29, 1.82) is 0 Å². The van der Waals surface area contributed by atoms with Crippen LogP contribution >= 0.6 is 0 Å². The van der Waals surface area contributed by atoms with E-state index in [1.807, 2.05) is 26.8 Å². The van der Waals surface area contributed by atoms with Crippen LogP contribution in [0.15, 0.2) is 12.2 Å². The van der Waals surface area contributed by atoms with Crippen molar-refractivity contribution in [3.05, 3.63) is 46.5 Å². The van der Waals surface area contributed by atoms with Crippen molar-refractivity contribution in [1.82, 2.24) is 0 Å². The number of carbonyl (C=O) groups excluding carboxylic acids is 1. The average Bonchev–Trinajstić information content (AvgIpc) is 3.10. The second kappa shape index (κ2) is 7.15. The summed E-state index contributed by atoms with van der Waals surface area (Å²) in [6, 6.07) is 0. The van der Waals surface area contributed by atoms with E-state index in [1.165, 1.54) is 0 Å². The number of hydrogen-bond acceptors (Lipinski definition) is 3. The lowest BCUT2D eigenvalue weighted by atomic mass is 10.1. The number of methoxy groups -OCH3 is 1. The second-order valence-corrected chi connectivity index (χ2v) is 6.60. The summed E-state index contributed by atoms with van der Waals surface area (Å²) in [5, 5.41) is 0. The molecule has 1 aliphatic rings. The van der Waals surface area contributed by atoms with Crippen molar-refractivity contribution in [2.75, 3.05) is 7.11 Å². The highest BCUT2D eigenvalue weighted by atomic mass is 19.2. The van der Waals surface area contributed by atoms with E-state index in [0.717, 1.165) is 7.11 Å². The minimum Gasteiger partial charge on any atom is -0.460 e. The first-order valence-electron chi connectivity index (χ1n) is 7.80. The quantitative estimate of drug-likeness (QED) is 0.329. The molecule has 1 aromatic rings. The molecular weight excluding hydrogens is 340 g/mol. The molecule has 0 spiro atoms. The molecule has 1 fully saturated rings. The van der Waals surface area contributed by atoms with Gasteiger partial charge in [0.05, 0.1) is 23.7 Å². The van der Waals surface area contributed by atoms with Gasteiger partial charge in [0.25, 0.3) is 0 Å². The molecule has 0 heterocycles. The Labute approximate surface area is 143 Å². The number of allylic oxidation sites excluding steroid dienone is 2. The van der Waals surface area contributed by atoms with E-state index in [4.69, 9.17) is 4.74 Å². The van der Waals surface area contributed by atoms with Gasteiger partial charge in [0.2, 0.25) is 0 Å². The maximum atomic E-state index is 14.0. The lowest BCUT2D eigenvalue weighted by molar-refractivity contribution is -0.147. The third kappa shape index (κ3) is 3.42. The van der Waals surface area contributed by atoms with Crippen LogP contribution < -0.4 is 0 Å². The fourth-order valence-corrected chi connectivity index (χ4v) is 3.05. The van der Waals surface area contributed by atoms with E-state index in [0.29, 0.717) is 0 Å². The van der Waals surface area contributed by atoms with Crippen LogP contribution in [-0.4, -0.2) is 13.1 Å². The van der Waals surface area contributed by atoms with Crippen LogP contribution in [0.4, 0.5) is 17.6 Å². The number of esters is 1. The molecule has 0 N–H and O–H groups in total. The van der Waals surface area contributed by atoms with Crippen molar-refractivity contribution in [3.63, 3.8) is 0 Å². The zero-order chi connectivity index (χ0) is 18.9. The van der Waals surface area contributed by atoms with E-state index in [-0.39, 0.29) is 11.3 Å². The summed E-state index contributed by atoms with van der Waals surface area (Å²) in [6.45, 7) is 4.04. The maximum Gasteiger partial charge on any atom is 0.310 e. The predicted octanol–water partition coefficient (Wildman–Crippen LogP) is 4.28. The van der Waals surface area contributed by atoms with Gasteiger partial charge in [-0.1, -0.05) is 26.0 Å². The Hall–Kier alpha value is -1.89. The summed E-state index contributed by atoms with van der Waals surface area (Å²) in [6.07, 6.45) is 3.66. The fraction of sp³-hybridized carbons (Fsp3) is 0.500. The molecule has 2 rings (SSSR count). The predicted molar refractivity (Wildman–Crippen MR) is 82.4 cm³/mol. The van der Waals surface area contributed by atoms with Gasteiger partial charge in [0, 0.05) is 7.11 Å². The van der Waals surface area contributed by atoms with E-state index < -0.39 is 59.5 Å². The Bertz CT molecular complexity index is 684. The number of carbonyl (C=O) groups is 1. The zero-order valence-corrected chi connectivity index (χ0v) is 14.5. The first kappa shape index (κ1) is 19.4. The lowest BCUT2D eigenvalue weighted by Gasteiger charge is -2.12. The monoisotopic (exact) mass is 360 g/mol. The van der Waals surface area contributed by atoms with Crippen LogP contribution in [0.3, 0.4) is 0 Å². The second-order valence-electron chi connectivity index (χ2n) is 6.60. The third-order valence-corrected chi connectivity index (χ3v) is 4.66. The highest BCUT2D eigenvalue weighted by Gasteiger charge is 2.61. The SMILES string of the molecule is CC=CC1[C@@H](C(=O)OCc2c(F)c(F)c(COC)c(F)c2F)C1(C)C. The van der Waals surface area contributed by atoms with Crippen LogP contribution in [0.2, 0.25) is 0 Å². The molecule has 1 saturated carbocycles. The van der Waals surface area contributed by atoms with Crippen molar-refractivity contribution >= 4 is 5.97 Å².